The summed E-state index contributed by atoms with van der Waals surface area (Å²) >= 11 is 1.69. The Hall–Kier alpha value is -3.82. The molecule has 166 valence electrons. The number of hydrogen-bond donors (Lipinski definition) is 1. The van der Waals surface area contributed by atoms with Crippen molar-refractivity contribution in [3.8, 4) is 34.6 Å². The Morgan fingerprint density at radius 3 is 2.70 bits per heavy atom. The van der Waals surface area contributed by atoms with Crippen molar-refractivity contribution in [1.29, 1.82) is 0 Å². The minimum absolute atomic E-state index is 0.0221. The third-order valence-electron chi connectivity index (χ3n) is 5.28. The molecule has 33 heavy (non-hydrogen) atoms. The number of pyridine rings is 1. The molecule has 1 N–H and O–H groups in total. The highest BCUT2D eigenvalue weighted by Gasteiger charge is 2.14. The van der Waals surface area contributed by atoms with E-state index in [9.17, 15) is 4.79 Å². The minimum Gasteiger partial charge on any atom is -0.489 e. The van der Waals surface area contributed by atoms with E-state index in [0.29, 0.717) is 12.5 Å². The summed E-state index contributed by atoms with van der Waals surface area (Å²) in [5.41, 5.74) is 3.97. The molecule has 2 aromatic heterocycles. The molecule has 0 aliphatic carbocycles. The van der Waals surface area contributed by atoms with Crippen LogP contribution in [0.15, 0.2) is 66.2 Å². The molecular weight excluding hydrogens is 434 g/mol. The van der Waals surface area contributed by atoms with Crippen LogP contribution in [0.3, 0.4) is 0 Å². The van der Waals surface area contributed by atoms with Gasteiger partial charge in [0.1, 0.15) is 12.4 Å². The Bertz CT molecular complexity index is 1330. The van der Waals surface area contributed by atoms with Crippen LogP contribution in [-0.4, -0.2) is 23.2 Å². The van der Waals surface area contributed by atoms with Crippen molar-refractivity contribution < 1.29 is 19.4 Å². The third-order valence-corrected chi connectivity index (χ3v) is 6.24. The molecule has 2 heterocycles. The lowest BCUT2D eigenvalue weighted by molar-refractivity contribution is -0.137. The zero-order valence-corrected chi connectivity index (χ0v) is 19.2. The van der Waals surface area contributed by atoms with Crippen molar-refractivity contribution in [3.63, 3.8) is 0 Å². The summed E-state index contributed by atoms with van der Waals surface area (Å²) in [7, 11) is 1.63. The van der Waals surface area contributed by atoms with Gasteiger partial charge < -0.3 is 14.6 Å². The van der Waals surface area contributed by atoms with Gasteiger partial charge in [-0.3, -0.25) is 4.79 Å². The second kappa shape index (κ2) is 10.2. The number of aliphatic carboxylic acids is 1. The van der Waals surface area contributed by atoms with E-state index in [1.54, 1.807) is 31.6 Å². The number of nitrogens with zero attached hydrogens (tertiary/aromatic N) is 1. The molecule has 0 aliphatic rings. The van der Waals surface area contributed by atoms with Gasteiger partial charge in [0, 0.05) is 27.4 Å². The number of fused-ring (bicyclic) bond motifs is 1. The summed E-state index contributed by atoms with van der Waals surface area (Å²) in [6.45, 7) is 2.13. The topological polar surface area (TPSA) is 68.7 Å². The first-order valence-electron chi connectivity index (χ1n) is 10.5. The van der Waals surface area contributed by atoms with Gasteiger partial charge in [-0.2, -0.15) is 0 Å². The molecule has 6 heteroatoms. The second-order valence-electron chi connectivity index (χ2n) is 7.44. The standard InChI is InChI=1S/C27H23NO4S/c1-3-5-20(15-26(29)30)19-8-10-21(11-9-19)32-16-18-7-12-25-23(14-18)24(17-33-25)22-6-4-13-28-27(22)31-2/h4,6-14,17,20H,15-16H2,1-2H3,(H,29,30)/t20-/m0/s1. The maximum Gasteiger partial charge on any atom is 0.304 e. The van der Waals surface area contributed by atoms with Crippen molar-refractivity contribution in [3.05, 3.63) is 77.3 Å². The summed E-state index contributed by atoms with van der Waals surface area (Å²) in [4.78, 5) is 15.4. The van der Waals surface area contributed by atoms with Gasteiger partial charge in [0.2, 0.25) is 5.88 Å². The number of methoxy groups -OCH3 is 1. The highest BCUT2D eigenvalue weighted by atomic mass is 32.1. The van der Waals surface area contributed by atoms with Crippen LogP contribution in [0.2, 0.25) is 0 Å². The van der Waals surface area contributed by atoms with E-state index in [0.717, 1.165) is 33.4 Å². The van der Waals surface area contributed by atoms with Crippen LogP contribution >= 0.6 is 11.3 Å². The van der Waals surface area contributed by atoms with Gasteiger partial charge in [0.25, 0.3) is 0 Å². The Kier molecular flexibility index (Phi) is 6.92. The molecule has 0 amide bonds. The van der Waals surface area contributed by atoms with Gasteiger partial charge in [-0.1, -0.05) is 24.1 Å². The first kappa shape index (κ1) is 22.4. The average Bonchev–Trinajstić information content (AvgIpc) is 3.25. The van der Waals surface area contributed by atoms with E-state index >= 15 is 0 Å². The second-order valence-corrected chi connectivity index (χ2v) is 8.35. The Morgan fingerprint density at radius 2 is 1.97 bits per heavy atom. The summed E-state index contributed by atoms with van der Waals surface area (Å²) in [5, 5.41) is 12.4. The Balaban J connectivity index is 1.52. The molecule has 2 aromatic carbocycles. The summed E-state index contributed by atoms with van der Waals surface area (Å²) in [5.74, 6) is 5.91. The van der Waals surface area contributed by atoms with E-state index in [1.807, 2.05) is 36.4 Å². The first-order valence-corrected chi connectivity index (χ1v) is 11.3. The van der Waals surface area contributed by atoms with Crippen LogP contribution in [0.5, 0.6) is 11.6 Å². The van der Waals surface area contributed by atoms with Crippen molar-refractivity contribution in [1.82, 2.24) is 4.98 Å². The maximum atomic E-state index is 11.1. The largest absolute Gasteiger partial charge is 0.489 e. The van der Waals surface area contributed by atoms with Gasteiger partial charge in [-0.15, -0.1) is 17.3 Å². The lowest BCUT2D eigenvalue weighted by Crippen LogP contribution is -2.04. The van der Waals surface area contributed by atoms with Crippen LogP contribution in [0.4, 0.5) is 0 Å². The fourth-order valence-corrected chi connectivity index (χ4v) is 4.64. The highest BCUT2D eigenvalue weighted by Crippen LogP contribution is 2.38. The predicted molar refractivity (Wildman–Crippen MR) is 131 cm³/mol. The Labute approximate surface area is 196 Å². The molecule has 5 nitrogen and oxygen atoms in total. The number of carbonyl (C=O) groups is 1. The molecule has 0 fully saturated rings. The average molecular weight is 458 g/mol. The summed E-state index contributed by atoms with van der Waals surface area (Å²) in [6.07, 6.45) is 1.70. The molecule has 0 unspecified atom stereocenters. The zero-order chi connectivity index (χ0) is 23.2. The smallest absolute Gasteiger partial charge is 0.304 e. The molecule has 0 bridgehead atoms. The van der Waals surface area contributed by atoms with Gasteiger partial charge in [-0.25, -0.2) is 4.98 Å². The van der Waals surface area contributed by atoms with Crippen molar-refractivity contribution in [2.24, 2.45) is 0 Å². The fraction of sp³-hybridized carbons (Fsp3) is 0.185. The van der Waals surface area contributed by atoms with E-state index in [1.165, 1.54) is 4.70 Å². The molecule has 0 spiro atoms. The Morgan fingerprint density at radius 1 is 1.15 bits per heavy atom. The number of rotatable bonds is 8. The highest BCUT2D eigenvalue weighted by molar-refractivity contribution is 7.17. The number of carboxylic acid groups (broad SMARTS) is 1. The quantitative estimate of drug-likeness (QED) is 0.322. The van der Waals surface area contributed by atoms with Crippen molar-refractivity contribution >= 4 is 27.4 Å². The number of benzene rings is 2. The lowest BCUT2D eigenvalue weighted by Gasteiger charge is -2.11. The van der Waals surface area contributed by atoms with Crippen LogP contribution in [-0.2, 0) is 11.4 Å². The minimum atomic E-state index is -0.866. The molecule has 0 aliphatic heterocycles. The predicted octanol–water partition coefficient (Wildman–Crippen LogP) is 6.13. The normalized spacial score (nSPS) is 11.5. The first-order chi connectivity index (χ1) is 16.1. The molecule has 1 atom stereocenters. The number of aromatic nitrogens is 1. The van der Waals surface area contributed by atoms with Gasteiger partial charge in [0.05, 0.1) is 19.4 Å². The summed E-state index contributed by atoms with van der Waals surface area (Å²) in [6, 6.07) is 17.7. The van der Waals surface area contributed by atoms with Crippen LogP contribution in [0.25, 0.3) is 21.2 Å². The third kappa shape index (κ3) is 5.16. The zero-order valence-electron chi connectivity index (χ0n) is 18.4. The van der Waals surface area contributed by atoms with E-state index in [2.05, 4.69) is 40.4 Å². The van der Waals surface area contributed by atoms with Crippen LogP contribution in [0.1, 0.15) is 30.4 Å². The van der Waals surface area contributed by atoms with Gasteiger partial charge >= 0.3 is 5.97 Å². The molecule has 0 saturated heterocycles. The number of carboxylic acids is 1. The van der Waals surface area contributed by atoms with Crippen LogP contribution < -0.4 is 9.47 Å². The SMILES string of the molecule is CC#C[C@@H](CC(=O)O)c1ccc(OCc2ccc3scc(-c4cccnc4OC)c3c2)cc1. The number of hydrogen-bond acceptors (Lipinski definition) is 5. The van der Waals surface area contributed by atoms with E-state index in [-0.39, 0.29) is 12.3 Å². The van der Waals surface area contributed by atoms with Crippen molar-refractivity contribution in [2.45, 2.75) is 25.9 Å². The molecule has 4 rings (SSSR count). The maximum absolute atomic E-state index is 11.1. The lowest BCUT2D eigenvalue weighted by atomic mass is 9.96. The number of thiophene rings is 1. The molecular formula is C27H23NO4S. The van der Waals surface area contributed by atoms with Gasteiger partial charge in [0.15, 0.2) is 0 Å². The van der Waals surface area contributed by atoms with Crippen LogP contribution in [0, 0.1) is 11.8 Å². The molecule has 0 radical (unpaired) electrons. The number of ether oxygens (including phenoxy) is 2. The van der Waals surface area contributed by atoms with Crippen molar-refractivity contribution in [2.75, 3.05) is 7.11 Å². The van der Waals surface area contributed by atoms with E-state index in [4.69, 9.17) is 14.6 Å². The molecule has 0 saturated carbocycles. The van der Waals surface area contributed by atoms with E-state index < -0.39 is 5.97 Å². The summed E-state index contributed by atoms with van der Waals surface area (Å²) < 4.78 is 12.6. The molecule has 4 aromatic rings. The monoisotopic (exact) mass is 457 g/mol. The fourth-order valence-electron chi connectivity index (χ4n) is 3.70. The van der Waals surface area contributed by atoms with Gasteiger partial charge in [-0.05, 0) is 59.8 Å².